The molecule has 0 spiro atoms. The van der Waals surface area contributed by atoms with Gasteiger partial charge in [0.1, 0.15) is 18.8 Å². The summed E-state index contributed by atoms with van der Waals surface area (Å²) in [7, 11) is 1.80. The number of benzene rings is 1. The largest absolute Gasteiger partial charge is 0.496 e. The highest BCUT2D eigenvalue weighted by atomic mass is 16.5. The number of quaternary nitrogens is 2. The van der Waals surface area contributed by atoms with Crippen molar-refractivity contribution in [3.63, 3.8) is 0 Å². The first kappa shape index (κ1) is 11.1. The van der Waals surface area contributed by atoms with Crippen molar-refractivity contribution in [3.05, 3.63) is 29.3 Å². The molecule has 0 bridgehead atoms. The van der Waals surface area contributed by atoms with Crippen LogP contribution in [0.15, 0.2) is 18.2 Å². The summed E-state index contributed by atoms with van der Waals surface area (Å²) in [4.78, 5) is 1.76. The van der Waals surface area contributed by atoms with E-state index >= 15 is 0 Å². The predicted molar refractivity (Wildman–Crippen MR) is 66.2 cm³/mol. The molecule has 0 aromatic heterocycles. The molecule has 2 heterocycles. The molecule has 1 atom stereocenters. The Morgan fingerprint density at radius 3 is 2.88 bits per heavy atom. The molecular weight excluding hydrogens is 212 g/mol. The SMILES string of the molecule is COc1cccc2c1[C@@H]([NH+]1CCCC1)C[NH2+]C2. The van der Waals surface area contributed by atoms with Crippen molar-refractivity contribution >= 4 is 0 Å². The van der Waals surface area contributed by atoms with Gasteiger partial charge in [-0.05, 0) is 6.07 Å². The summed E-state index contributed by atoms with van der Waals surface area (Å²) in [5, 5.41) is 2.44. The Hall–Kier alpha value is -1.06. The van der Waals surface area contributed by atoms with Crippen molar-refractivity contribution in [2.75, 3.05) is 26.7 Å². The maximum Gasteiger partial charge on any atom is 0.167 e. The van der Waals surface area contributed by atoms with Crippen molar-refractivity contribution in [2.45, 2.75) is 25.4 Å². The Kier molecular flexibility index (Phi) is 3.04. The van der Waals surface area contributed by atoms with Gasteiger partial charge in [-0.25, -0.2) is 0 Å². The molecule has 3 N–H and O–H groups in total. The van der Waals surface area contributed by atoms with Crippen LogP contribution in [0.25, 0.3) is 0 Å². The molecule has 0 saturated carbocycles. The predicted octanol–water partition coefficient (Wildman–Crippen LogP) is -0.508. The molecule has 0 unspecified atom stereocenters. The summed E-state index contributed by atoms with van der Waals surface area (Å²) >= 11 is 0. The van der Waals surface area contributed by atoms with E-state index in [0.717, 1.165) is 12.3 Å². The lowest BCUT2D eigenvalue weighted by atomic mass is 9.94. The number of rotatable bonds is 2. The molecule has 3 rings (SSSR count). The Morgan fingerprint density at radius 1 is 1.29 bits per heavy atom. The fourth-order valence-corrected chi connectivity index (χ4v) is 3.41. The van der Waals surface area contributed by atoms with E-state index in [-0.39, 0.29) is 0 Å². The zero-order valence-corrected chi connectivity index (χ0v) is 10.5. The number of methoxy groups -OCH3 is 1. The second-order valence-electron chi connectivity index (χ2n) is 5.18. The fraction of sp³-hybridized carbons (Fsp3) is 0.571. The lowest BCUT2D eigenvalue weighted by Crippen LogP contribution is -3.13. The minimum Gasteiger partial charge on any atom is -0.496 e. The number of likely N-dealkylation sites (tertiary alicyclic amines) is 1. The van der Waals surface area contributed by atoms with Gasteiger partial charge in [-0.2, -0.15) is 0 Å². The van der Waals surface area contributed by atoms with Crippen LogP contribution in [-0.4, -0.2) is 26.7 Å². The number of fused-ring (bicyclic) bond motifs is 1. The number of nitrogens with two attached hydrogens (primary N) is 1. The number of hydrogen-bond acceptors (Lipinski definition) is 1. The van der Waals surface area contributed by atoms with Crippen molar-refractivity contribution in [2.24, 2.45) is 0 Å². The number of nitrogens with one attached hydrogen (secondary N) is 1. The molecule has 17 heavy (non-hydrogen) atoms. The third-order valence-corrected chi connectivity index (χ3v) is 4.23. The molecular formula is C14H22N2O+2. The Bertz CT molecular complexity index is 385. The summed E-state index contributed by atoms with van der Waals surface area (Å²) < 4.78 is 5.58. The van der Waals surface area contributed by atoms with Crippen LogP contribution in [0.2, 0.25) is 0 Å². The average Bonchev–Trinajstić information content (AvgIpc) is 2.91. The zero-order valence-electron chi connectivity index (χ0n) is 10.5. The maximum atomic E-state index is 5.58. The minimum atomic E-state index is 0.636. The maximum absolute atomic E-state index is 5.58. The molecule has 2 aliphatic heterocycles. The second kappa shape index (κ2) is 4.67. The summed E-state index contributed by atoms with van der Waals surface area (Å²) in [5.74, 6) is 1.10. The Balaban J connectivity index is 1.99. The normalized spacial score (nSPS) is 24.6. The van der Waals surface area contributed by atoms with Gasteiger partial charge in [0.05, 0.1) is 25.8 Å². The highest BCUT2D eigenvalue weighted by Crippen LogP contribution is 2.28. The van der Waals surface area contributed by atoms with E-state index in [9.17, 15) is 0 Å². The molecule has 1 fully saturated rings. The van der Waals surface area contributed by atoms with Gasteiger partial charge in [0.15, 0.2) is 6.04 Å². The molecule has 1 aromatic rings. The average molecular weight is 234 g/mol. The first-order valence-electron chi connectivity index (χ1n) is 6.72. The van der Waals surface area contributed by atoms with Crippen LogP contribution in [0.4, 0.5) is 0 Å². The third-order valence-electron chi connectivity index (χ3n) is 4.23. The monoisotopic (exact) mass is 234 g/mol. The van der Waals surface area contributed by atoms with E-state index < -0.39 is 0 Å². The molecule has 2 aliphatic rings. The topological polar surface area (TPSA) is 30.3 Å². The van der Waals surface area contributed by atoms with Gasteiger partial charge in [0.25, 0.3) is 0 Å². The molecule has 92 valence electrons. The van der Waals surface area contributed by atoms with Crippen molar-refractivity contribution < 1.29 is 15.0 Å². The summed E-state index contributed by atoms with van der Waals surface area (Å²) in [5.41, 5.74) is 2.95. The van der Waals surface area contributed by atoms with E-state index in [2.05, 4.69) is 23.5 Å². The van der Waals surface area contributed by atoms with Gasteiger partial charge in [-0.1, -0.05) is 12.1 Å². The van der Waals surface area contributed by atoms with Gasteiger partial charge in [0, 0.05) is 18.4 Å². The summed E-state index contributed by atoms with van der Waals surface area (Å²) in [6.07, 6.45) is 2.77. The van der Waals surface area contributed by atoms with Crippen LogP contribution in [0.3, 0.4) is 0 Å². The lowest BCUT2D eigenvalue weighted by Gasteiger charge is -2.29. The molecule has 1 saturated heterocycles. The summed E-state index contributed by atoms with van der Waals surface area (Å²) in [6, 6.07) is 7.13. The zero-order chi connectivity index (χ0) is 11.7. The second-order valence-corrected chi connectivity index (χ2v) is 5.18. The van der Waals surface area contributed by atoms with Crippen molar-refractivity contribution in [1.82, 2.24) is 0 Å². The van der Waals surface area contributed by atoms with Gasteiger partial charge >= 0.3 is 0 Å². The van der Waals surface area contributed by atoms with Gasteiger partial charge in [-0.3, -0.25) is 0 Å². The standard InChI is InChI=1S/C14H20N2O/c1-17-13-6-4-5-11-9-15-10-12(14(11)13)16-7-2-3-8-16/h4-6,12,15H,2-3,7-10H2,1H3/p+2/t12-/m0/s1. The molecule has 3 nitrogen and oxygen atoms in total. The summed E-state index contributed by atoms with van der Waals surface area (Å²) in [6.45, 7) is 4.98. The van der Waals surface area contributed by atoms with E-state index in [1.807, 2.05) is 0 Å². The number of ether oxygens (including phenoxy) is 1. The van der Waals surface area contributed by atoms with Crippen LogP contribution < -0.4 is 15.0 Å². The van der Waals surface area contributed by atoms with Crippen LogP contribution in [0.1, 0.15) is 30.0 Å². The molecule has 0 amide bonds. The van der Waals surface area contributed by atoms with E-state index in [0.29, 0.717) is 6.04 Å². The molecule has 1 aromatic carbocycles. The van der Waals surface area contributed by atoms with Crippen molar-refractivity contribution in [1.29, 1.82) is 0 Å². The van der Waals surface area contributed by atoms with E-state index in [1.165, 1.54) is 43.6 Å². The molecule has 0 radical (unpaired) electrons. The number of hydrogen-bond donors (Lipinski definition) is 2. The Labute approximate surface area is 103 Å². The fourth-order valence-electron chi connectivity index (χ4n) is 3.41. The smallest absolute Gasteiger partial charge is 0.167 e. The molecule has 0 aliphatic carbocycles. The lowest BCUT2D eigenvalue weighted by molar-refractivity contribution is -0.937. The Morgan fingerprint density at radius 2 is 2.12 bits per heavy atom. The van der Waals surface area contributed by atoms with Crippen LogP contribution in [-0.2, 0) is 6.54 Å². The van der Waals surface area contributed by atoms with Crippen molar-refractivity contribution in [3.8, 4) is 5.75 Å². The van der Waals surface area contributed by atoms with Crippen LogP contribution >= 0.6 is 0 Å². The molecule has 3 heteroatoms. The van der Waals surface area contributed by atoms with Crippen LogP contribution in [0, 0.1) is 0 Å². The van der Waals surface area contributed by atoms with E-state index in [1.54, 1.807) is 12.0 Å². The quantitative estimate of drug-likeness (QED) is 0.709. The highest BCUT2D eigenvalue weighted by Gasteiger charge is 2.35. The van der Waals surface area contributed by atoms with Gasteiger partial charge in [-0.15, -0.1) is 0 Å². The highest BCUT2D eigenvalue weighted by molar-refractivity contribution is 5.42. The first-order chi connectivity index (χ1) is 8.40. The minimum absolute atomic E-state index is 0.636. The van der Waals surface area contributed by atoms with E-state index in [4.69, 9.17) is 4.74 Å². The van der Waals surface area contributed by atoms with Gasteiger partial charge in [0.2, 0.25) is 0 Å². The third kappa shape index (κ3) is 1.94. The van der Waals surface area contributed by atoms with Crippen LogP contribution in [0.5, 0.6) is 5.75 Å². The van der Waals surface area contributed by atoms with Gasteiger partial charge < -0.3 is 15.0 Å². The first-order valence-corrected chi connectivity index (χ1v) is 6.72.